The van der Waals surface area contributed by atoms with Crippen molar-refractivity contribution in [1.82, 2.24) is 5.32 Å². The standard InChI is InChI=1S/C12H17BrClNO/c1-8(2)12(7-16)15-6-9-3-4-10(13)5-11(9)14/h3-5,8,12,15-16H,6-7H2,1-2H3/t12-/m1/s1. The Morgan fingerprint density at radius 1 is 1.44 bits per heavy atom. The summed E-state index contributed by atoms with van der Waals surface area (Å²) in [7, 11) is 0. The van der Waals surface area contributed by atoms with Gasteiger partial charge >= 0.3 is 0 Å². The summed E-state index contributed by atoms with van der Waals surface area (Å²) in [6.07, 6.45) is 0. The van der Waals surface area contributed by atoms with E-state index in [1.54, 1.807) is 0 Å². The molecule has 1 atom stereocenters. The lowest BCUT2D eigenvalue weighted by Gasteiger charge is -2.20. The average molecular weight is 307 g/mol. The lowest BCUT2D eigenvalue weighted by atomic mass is 10.1. The smallest absolute Gasteiger partial charge is 0.0587 e. The molecule has 0 spiro atoms. The van der Waals surface area contributed by atoms with Gasteiger partial charge in [0.1, 0.15) is 0 Å². The molecule has 0 saturated carbocycles. The first-order chi connectivity index (χ1) is 7.54. The second kappa shape index (κ2) is 6.60. The maximum Gasteiger partial charge on any atom is 0.0587 e. The van der Waals surface area contributed by atoms with E-state index in [1.165, 1.54) is 0 Å². The molecule has 0 radical (unpaired) electrons. The zero-order valence-corrected chi connectivity index (χ0v) is 11.8. The van der Waals surface area contributed by atoms with Crippen molar-refractivity contribution in [3.05, 3.63) is 33.3 Å². The maximum absolute atomic E-state index is 9.18. The van der Waals surface area contributed by atoms with E-state index in [0.717, 1.165) is 15.1 Å². The van der Waals surface area contributed by atoms with Crippen molar-refractivity contribution in [3.8, 4) is 0 Å². The molecular formula is C12H17BrClNO. The lowest BCUT2D eigenvalue weighted by molar-refractivity contribution is 0.210. The van der Waals surface area contributed by atoms with Crippen LogP contribution < -0.4 is 5.32 Å². The lowest BCUT2D eigenvalue weighted by Crippen LogP contribution is -2.36. The van der Waals surface area contributed by atoms with E-state index in [0.29, 0.717) is 12.5 Å². The Kier molecular flexibility index (Phi) is 5.76. The fourth-order valence-corrected chi connectivity index (χ4v) is 2.16. The summed E-state index contributed by atoms with van der Waals surface area (Å²) in [5.41, 5.74) is 1.05. The molecule has 0 saturated heterocycles. The van der Waals surface area contributed by atoms with Crippen molar-refractivity contribution in [2.45, 2.75) is 26.4 Å². The molecule has 0 bridgehead atoms. The number of aliphatic hydroxyl groups is 1. The Balaban J connectivity index is 2.60. The first-order valence-corrected chi connectivity index (χ1v) is 6.50. The Morgan fingerprint density at radius 2 is 2.12 bits per heavy atom. The van der Waals surface area contributed by atoms with Gasteiger partial charge in [-0.15, -0.1) is 0 Å². The fraction of sp³-hybridized carbons (Fsp3) is 0.500. The summed E-state index contributed by atoms with van der Waals surface area (Å²) in [5, 5.41) is 13.2. The second-order valence-corrected chi connectivity index (χ2v) is 5.47. The summed E-state index contributed by atoms with van der Waals surface area (Å²) >= 11 is 9.47. The van der Waals surface area contributed by atoms with Gasteiger partial charge in [-0.05, 0) is 23.6 Å². The van der Waals surface area contributed by atoms with E-state index in [2.05, 4.69) is 35.1 Å². The van der Waals surface area contributed by atoms with Crippen LogP contribution in [0.1, 0.15) is 19.4 Å². The van der Waals surface area contributed by atoms with E-state index in [4.69, 9.17) is 11.6 Å². The maximum atomic E-state index is 9.18. The molecule has 2 N–H and O–H groups in total. The molecule has 16 heavy (non-hydrogen) atoms. The molecule has 1 rings (SSSR count). The van der Waals surface area contributed by atoms with Gasteiger partial charge in [0.15, 0.2) is 0 Å². The van der Waals surface area contributed by atoms with Crippen LogP contribution in [0.3, 0.4) is 0 Å². The Bertz CT molecular complexity index is 344. The molecule has 0 aliphatic heterocycles. The molecule has 0 aliphatic carbocycles. The highest BCUT2D eigenvalue weighted by Crippen LogP contribution is 2.21. The molecule has 0 unspecified atom stereocenters. The van der Waals surface area contributed by atoms with Crippen LogP contribution in [-0.2, 0) is 6.54 Å². The van der Waals surface area contributed by atoms with Crippen LogP contribution in [0.2, 0.25) is 5.02 Å². The minimum atomic E-state index is 0.111. The highest BCUT2D eigenvalue weighted by molar-refractivity contribution is 9.10. The van der Waals surface area contributed by atoms with Crippen molar-refractivity contribution in [2.75, 3.05) is 6.61 Å². The van der Waals surface area contributed by atoms with E-state index in [-0.39, 0.29) is 12.6 Å². The normalized spacial score (nSPS) is 13.1. The van der Waals surface area contributed by atoms with Gasteiger partial charge in [-0.1, -0.05) is 47.4 Å². The van der Waals surface area contributed by atoms with Crippen LogP contribution in [0.15, 0.2) is 22.7 Å². The van der Waals surface area contributed by atoms with Crippen LogP contribution >= 0.6 is 27.5 Å². The third-order valence-corrected chi connectivity index (χ3v) is 3.42. The summed E-state index contributed by atoms with van der Waals surface area (Å²) < 4.78 is 0.976. The molecule has 0 aliphatic rings. The van der Waals surface area contributed by atoms with Crippen molar-refractivity contribution in [1.29, 1.82) is 0 Å². The first kappa shape index (κ1) is 14.0. The minimum absolute atomic E-state index is 0.111. The van der Waals surface area contributed by atoms with E-state index >= 15 is 0 Å². The Labute approximate surface area is 110 Å². The van der Waals surface area contributed by atoms with Crippen molar-refractivity contribution >= 4 is 27.5 Å². The van der Waals surface area contributed by atoms with E-state index < -0.39 is 0 Å². The van der Waals surface area contributed by atoms with Crippen molar-refractivity contribution < 1.29 is 5.11 Å². The van der Waals surface area contributed by atoms with Gasteiger partial charge in [0.2, 0.25) is 0 Å². The Hall–Kier alpha value is -0.0900. The van der Waals surface area contributed by atoms with E-state index in [9.17, 15) is 5.11 Å². The summed E-state index contributed by atoms with van der Waals surface area (Å²) in [5.74, 6) is 0.402. The molecule has 0 heterocycles. The topological polar surface area (TPSA) is 32.3 Å². The number of hydrogen-bond acceptors (Lipinski definition) is 2. The molecule has 1 aromatic carbocycles. The third kappa shape index (κ3) is 4.06. The van der Waals surface area contributed by atoms with Gasteiger partial charge < -0.3 is 10.4 Å². The molecular weight excluding hydrogens is 289 g/mol. The minimum Gasteiger partial charge on any atom is -0.395 e. The monoisotopic (exact) mass is 305 g/mol. The molecule has 4 heteroatoms. The van der Waals surface area contributed by atoms with Gasteiger partial charge in [0.25, 0.3) is 0 Å². The highest BCUT2D eigenvalue weighted by atomic mass is 79.9. The van der Waals surface area contributed by atoms with Crippen LogP contribution in [-0.4, -0.2) is 17.8 Å². The molecule has 0 amide bonds. The van der Waals surface area contributed by atoms with Gasteiger partial charge in [-0.25, -0.2) is 0 Å². The number of benzene rings is 1. The molecule has 90 valence electrons. The molecule has 0 aromatic heterocycles. The third-order valence-electron chi connectivity index (χ3n) is 2.57. The average Bonchev–Trinajstić information content (AvgIpc) is 2.21. The van der Waals surface area contributed by atoms with Gasteiger partial charge in [-0.2, -0.15) is 0 Å². The summed E-state index contributed by atoms with van der Waals surface area (Å²) in [6.45, 7) is 4.98. The zero-order chi connectivity index (χ0) is 12.1. The largest absolute Gasteiger partial charge is 0.395 e. The van der Waals surface area contributed by atoms with Crippen molar-refractivity contribution in [3.63, 3.8) is 0 Å². The van der Waals surface area contributed by atoms with Gasteiger partial charge in [0.05, 0.1) is 6.61 Å². The Morgan fingerprint density at radius 3 is 2.62 bits per heavy atom. The number of halogens is 2. The van der Waals surface area contributed by atoms with Gasteiger partial charge in [-0.3, -0.25) is 0 Å². The summed E-state index contributed by atoms with van der Waals surface area (Å²) in [4.78, 5) is 0. The number of hydrogen-bond donors (Lipinski definition) is 2. The molecule has 0 fully saturated rings. The zero-order valence-electron chi connectivity index (χ0n) is 9.50. The number of aliphatic hydroxyl groups excluding tert-OH is 1. The van der Waals surface area contributed by atoms with E-state index in [1.807, 2.05) is 18.2 Å². The predicted molar refractivity (Wildman–Crippen MR) is 71.7 cm³/mol. The molecule has 2 nitrogen and oxygen atoms in total. The van der Waals surface area contributed by atoms with Crippen molar-refractivity contribution in [2.24, 2.45) is 5.92 Å². The van der Waals surface area contributed by atoms with Gasteiger partial charge in [0, 0.05) is 22.1 Å². The SMILES string of the molecule is CC(C)[C@@H](CO)NCc1ccc(Br)cc1Cl. The molecule has 1 aromatic rings. The predicted octanol–water partition coefficient (Wildman–Crippen LogP) is 3.21. The van der Waals surface area contributed by atoms with Crippen LogP contribution in [0, 0.1) is 5.92 Å². The summed E-state index contributed by atoms with van der Waals surface area (Å²) in [6, 6.07) is 5.93. The van der Waals surface area contributed by atoms with Crippen LogP contribution in [0.5, 0.6) is 0 Å². The highest BCUT2D eigenvalue weighted by Gasteiger charge is 2.11. The quantitative estimate of drug-likeness (QED) is 0.875. The second-order valence-electron chi connectivity index (χ2n) is 4.15. The first-order valence-electron chi connectivity index (χ1n) is 5.32. The number of rotatable bonds is 5. The number of nitrogens with one attached hydrogen (secondary N) is 1. The van der Waals surface area contributed by atoms with Crippen LogP contribution in [0.4, 0.5) is 0 Å². The fourth-order valence-electron chi connectivity index (χ4n) is 1.42. The van der Waals surface area contributed by atoms with Crippen LogP contribution in [0.25, 0.3) is 0 Å².